The van der Waals surface area contributed by atoms with Crippen LogP contribution in [0.2, 0.25) is 0 Å². The summed E-state index contributed by atoms with van der Waals surface area (Å²) in [5.74, 6) is 7.42. The summed E-state index contributed by atoms with van der Waals surface area (Å²) in [5.41, 5.74) is 6.26. The molecule has 0 saturated heterocycles. The first-order valence-corrected chi connectivity index (χ1v) is 7.18. The lowest BCUT2D eigenvalue weighted by atomic mass is 10.2. The van der Waals surface area contributed by atoms with Crippen LogP contribution in [0.1, 0.15) is 5.56 Å². The molecule has 0 aliphatic carbocycles. The second-order valence-electron chi connectivity index (χ2n) is 3.76. The molecule has 0 amide bonds. The third kappa shape index (κ3) is 4.92. The van der Waals surface area contributed by atoms with Crippen molar-refractivity contribution in [2.24, 2.45) is 5.73 Å². The Morgan fingerprint density at radius 1 is 1.15 bits per heavy atom. The van der Waals surface area contributed by atoms with E-state index in [0.717, 1.165) is 22.2 Å². The van der Waals surface area contributed by atoms with Crippen molar-refractivity contribution < 1.29 is 4.74 Å². The lowest BCUT2D eigenvalue weighted by molar-refractivity contribution is 0.344. The molecule has 5 heteroatoms. The zero-order valence-electron chi connectivity index (χ0n) is 11.0. The summed E-state index contributed by atoms with van der Waals surface area (Å²) in [6, 6.07) is 9.46. The van der Waals surface area contributed by atoms with Crippen LogP contribution in [0, 0.1) is 11.8 Å². The molecule has 0 bridgehead atoms. The quantitative estimate of drug-likeness (QED) is 0.394. The van der Waals surface area contributed by atoms with Crippen LogP contribution in [0.25, 0.3) is 0 Å². The van der Waals surface area contributed by atoms with Gasteiger partial charge in [-0.3, -0.25) is 0 Å². The Morgan fingerprint density at radius 2 is 1.90 bits per heavy atom. The summed E-state index contributed by atoms with van der Waals surface area (Å²) in [4.78, 5) is 8.27. The second-order valence-corrected chi connectivity index (χ2v) is 4.82. The van der Waals surface area contributed by atoms with E-state index in [1.807, 2.05) is 24.3 Å². The third-order valence-corrected chi connectivity index (χ3v) is 3.15. The number of ether oxygens (including phenoxy) is 1. The van der Waals surface area contributed by atoms with Crippen molar-refractivity contribution in [2.45, 2.75) is 5.16 Å². The number of hydrogen-bond donors (Lipinski definition) is 1. The Hall–Kier alpha value is -2.03. The number of nitrogens with zero attached hydrogens (tertiary/aromatic N) is 2. The van der Waals surface area contributed by atoms with Crippen molar-refractivity contribution in [1.29, 1.82) is 0 Å². The van der Waals surface area contributed by atoms with Gasteiger partial charge >= 0.3 is 0 Å². The summed E-state index contributed by atoms with van der Waals surface area (Å²) >= 11 is 1.57. The topological polar surface area (TPSA) is 61.0 Å². The highest BCUT2D eigenvalue weighted by Crippen LogP contribution is 2.14. The Labute approximate surface area is 122 Å². The van der Waals surface area contributed by atoms with E-state index >= 15 is 0 Å². The van der Waals surface area contributed by atoms with E-state index in [-0.39, 0.29) is 0 Å². The standard InChI is InChI=1S/C15H15N3OS/c16-8-1-3-13-4-6-14(7-5-13)19-11-12-20-15-17-9-2-10-18-15/h2,4-7,9-10H,8,11-12,16H2. The Kier molecular flexibility index (Phi) is 5.90. The minimum atomic E-state index is 0.372. The highest BCUT2D eigenvalue weighted by molar-refractivity contribution is 7.99. The van der Waals surface area contributed by atoms with Crippen LogP contribution in [0.15, 0.2) is 47.9 Å². The molecule has 0 aliphatic rings. The predicted octanol–water partition coefficient (Wildman–Crippen LogP) is 1.96. The predicted molar refractivity (Wildman–Crippen MR) is 80.6 cm³/mol. The van der Waals surface area contributed by atoms with Gasteiger partial charge in [-0.25, -0.2) is 9.97 Å². The number of benzene rings is 1. The molecule has 1 heterocycles. The molecule has 0 atom stereocenters. The van der Waals surface area contributed by atoms with Gasteiger partial charge in [0.15, 0.2) is 5.16 Å². The maximum Gasteiger partial charge on any atom is 0.187 e. The van der Waals surface area contributed by atoms with Gasteiger partial charge in [0.05, 0.1) is 13.2 Å². The lowest BCUT2D eigenvalue weighted by Gasteiger charge is -2.05. The normalized spacial score (nSPS) is 9.65. The smallest absolute Gasteiger partial charge is 0.187 e. The van der Waals surface area contributed by atoms with Crippen molar-refractivity contribution in [2.75, 3.05) is 18.9 Å². The van der Waals surface area contributed by atoms with Crippen molar-refractivity contribution in [3.05, 3.63) is 48.3 Å². The van der Waals surface area contributed by atoms with Crippen LogP contribution in [0.4, 0.5) is 0 Å². The van der Waals surface area contributed by atoms with Gasteiger partial charge in [0.25, 0.3) is 0 Å². The lowest BCUT2D eigenvalue weighted by Crippen LogP contribution is -2.00. The van der Waals surface area contributed by atoms with Crippen molar-refractivity contribution in [3.63, 3.8) is 0 Å². The molecule has 2 N–H and O–H groups in total. The largest absolute Gasteiger partial charge is 0.493 e. The summed E-state index contributed by atoms with van der Waals surface area (Å²) in [6.45, 7) is 0.980. The van der Waals surface area contributed by atoms with Gasteiger partial charge in [-0.1, -0.05) is 23.6 Å². The molecule has 20 heavy (non-hydrogen) atoms. The fraction of sp³-hybridized carbons (Fsp3) is 0.200. The van der Waals surface area contributed by atoms with E-state index in [1.54, 1.807) is 30.2 Å². The van der Waals surface area contributed by atoms with Crippen molar-refractivity contribution in [3.8, 4) is 17.6 Å². The first-order chi connectivity index (χ1) is 9.88. The molecule has 0 saturated carbocycles. The zero-order chi connectivity index (χ0) is 14.0. The minimum absolute atomic E-state index is 0.372. The maximum atomic E-state index is 5.64. The van der Waals surface area contributed by atoms with Gasteiger partial charge in [-0.15, -0.1) is 0 Å². The fourth-order valence-electron chi connectivity index (χ4n) is 1.44. The van der Waals surface area contributed by atoms with Gasteiger partial charge in [0.2, 0.25) is 0 Å². The fourth-order valence-corrected chi connectivity index (χ4v) is 2.06. The molecule has 0 aliphatic heterocycles. The number of hydrogen-bond acceptors (Lipinski definition) is 5. The molecule has 0 radical (unpaired) electrons. The van der Waals surface area contributed by atoms with Crippen LogP contribution < -0.4 is 10.5 Å². The zero-order valence-corrected chi connectivity index (χ0v) is 11.8. The average Bonchev–Trinajstić information content (AvgIpc) is 2.52. The maximum absolute atomic E-state index is 5.64. The van der Waals surface area contributed by atoms with Crippen LogP contribution >= 0.6 is 11.8 Å². The van der Waals surface area contributed by atoms with E-state index in [9.17, 15) is 0 Å². The van der Waals surface area contributed by atoms with Crippen LogP contribution in [-0.4, -0.2) is 28.9 Å². The molecule has 2 aromatic rings. The van der Waals surface area contributed by atoms with Gasteiger partial charge < -0.3 is 10.5 Å². The second kappa shape index (κ2) is 8.20. The van der Waals surface area contributed by atoms with E-state index in [1.165, 1.54) is 0 Å². The van der Waals surface area contributed by atoms with Crippen molar-refractivity contribution in [1.82, 2.24) is 9.97 Å². The number of nitrogens with two attached hydrogens (primary N) is 1. The van der Waals surface area contributed by atoms with E-state index in [2.05, 4.69) is 21.8 Å². The molecule has 0 unspecified atom stereocenters. The van der Waals surface area contributed by atoms with E-state index in [0.29, 0.717) is 13.2 Å². The van der Waals surface area contributed by atoms with Crippen LogP contribution in [0.3, 0.4) is 0 Å². The van der Waals surface area contributed by atoms with E-state index < -0.39 is 0 Å². The van der Waals surface area contributed by atoms with Crippen LogP contribution in [-0.2, 0) is 0 Å². The monoisotopic (exact) mass is 285 g/mol. The average molecular weight is 285 g/mol. The molecular formula is C15H15N3OS. The third-order valence-electron chi connectivity index (χ3n) is 2.31. The molecule has 1 aromatic carbocycles. The summed E-state index contributed by atoms with van der Waals surface area (Å²) in [7, 11) is 0. The molecule has 0 spiro atoms. The summed E-state index contributed by atoms with van der Waals surface area (Å²) < 4.78 is 5.64. The van der Waals surface area contributed by atoms with Gasteiger partial charge in [-0.2, -0.15) is 0 Å². The molecule has 102 valence electrons. The minimum Gasteiger partial charge on any atom is -0.493 e. The van der Waals surface area contributed by atoms with Gasteiger partial charge in [0.1, 0.15) is 5.75 Å². The Morgan fingerprint density at radius 3 is 2.60 bits per heavy atom. The number of aromatic nitrogens is 2. The SMILES string of the molecule is NCC#Cc1ccc(OCCSc2ncccn2)cc1. The summed E-state index contributed by atoms with van der Waals surface area (Å²) in [6.07, 6.45) is 3.47. The van der Waals surface area contributed by atoms with Crippen molar-refractivity contribution >= 4 is 11.8 Å². The molecule has 0 fully saturated rings. The van der Waals surface area contributed by atoms with Crippen LogP contribution in [0.5, 0.6) is 5.75 Å². The highest BCUT2D eigenvalue weighted by atomic mass is 32.2. The molecule has 4 nitrogen and oxygen atoms in total. The Bertz CT molecular complexity index is 576. The molecular weight excluding hydrogens is 270 g/mol. The van der Waals surface area contributed by atoms with Gasteiger partial charge in [-0.05, 0) is 30.3 Å². The first kappa shape index (κ1) is 14.4. The Balaban J connectivity index is 1.74. The van der Waals surface area contributed by atoms with Gasteiger partial charge in [0, 0.05) is 23.7 Å². The molecule has 1 aromatic heterocycles. The summed E-state index contributed by atoms with van der Waals surface area (Å²) in [5, 5.41) is 0.767. The highest BCUT2D eigenvalue weighted by Gasteiger charge is 1.97. The molecule has 2 rings (SSSR count). The van der Waals surface area contributed by atoms with E-state index in [4.69, 9.17) is 10.5 Å². The number of thioether (sulfide) groups is 1. The first-order valence-electron chi connectivity index (χ1n) is 6.20. The number of rotatable bonds is 5.